The lowest BCUT2D eigenvalue weighted by molar-refractivity contribution is 0.250. The molecule has 2 heteroatoms. The van der Waals surface area contributed by atoms with E-state index < -0.39 is 0 Å². The maximum atomic E-state index is 5.21. The third kappa shape index (κ3) is 2.46. The van der Waals surface area contributed by atoms with Gasteiger partial charge in [0.05, 0.1) is 12.7 Å². The first-order valence-electron chi connectivity index (χ1n) is 4.79. The first-order chi connectivity index (χ1) is 5.45. The second kappa shape index (κ2) is 3.55. The van der Waals surface area contributed by atoms with Crippen LogP contribution in [0.1, 0.15) is 25.7 Å². The van der Waals surface area contributed by atoms with Gasteiger partial charge in [-0.25, -0.2) is 0 Å². The molecule has 2 rings (SSSR count). The summed E-state index contributed by atoms with van der Waals surface area (Å²) >= 11 is 0. The molecule has 0 aliphatic carbocycles. The van der Waals surface area contributed by atoms with Crippen LogP contribution in [0.2, 0.25) is 0 Å². The summed E-state index contributed by atoms with van der Waals surface area (Å²) in [5.74, 6) is 0. The average Bonchev–Trinajstić information content (AvgIpc) is 2.77. The molecule has 1 atom stereocenters. The topological polar surface area (TPSA) is 15.8 Å². The molecule has 0 bridgehead atoms. The fourth-order valence-electron chi connectivity index (χ4n) is 1.78. The molecule has 0 amide bonds. The van der Waals surface area contributed by atoms with E-state index in [0.717, 1.165) is 6.61 Å². The maximum absolute atomic E-state index is 5.21. The van der Waals surface area contributed by atoms with Crippen LogP contribution in [0.4, 0.5) is 0 Å². The van der Waals surface area contributed by atoms with Gasteiger partial charge in [0.2, 0.25) is 0 Å². The van der Waals surface area contributed by atoms with Crippen LogP contribution >= 0.6 is 0 Å². The van der Waals surface area contributed by atoms with Crippen molar-refractivity contribution in [3.63, 3.8) is 0 Å². The van der Waals surface area contributed by atoms with Gasteiger partial charge in [0.1, 0.15) is 0 Å². The molecule has 2 fully saturated rings. The van der Waals surface area contributed by atoms with E-state index in [4.69, 9.17) is 4.74 Å². The Morgan fingerprint density at radius 3 is 2.27 bits per heavy atom. The van der Waals surface area contributed by atoms with Gasteiger partial charge in [0.15, 0.2) is 0 Å². The van der Waals surface area contributed by atoms with Crippen molar-refractivity contribution in [1.29, 1.82) is 0 Å². The lowest BCUT2D eigenvalue weighted by Gasteiger charge is -2.17. The smallest absolute Gasteiger partial charge is 0.0936 e. The zero-order valence-electron chi connectivity index (χ0n) is 7.09. The first-order valence-corrected chi connectivity index (χ1v) is 4.79. The van der Waals surface area contributed by atoms with Crippen LogP contribution in [0, 0.1) is 0 Å². The fourth-order valence-corrected chi connectivity index (χ4v) is 1.78. The van der Waals surface area contributed by atoms with Gasteiger partial charge < -0.3 is 9.64 Å². The molecule has 0 aromatic carbocycles. The molecule has 0 aromatic rings. The number of epoxide rings is 1. The van der Waals surface area contributed by atoms with Gasteiger partial charge in [-0.2, -0.15) is 0 Å². The van der Waals surface area contributed by atoms with Crippen molar-refractivity contribution in [2.24, 2.45) is 0 Å². The minimum atomic E-state index is 0.591. The predicted octanol–water partition coefficient (Wildman–Crippen LogP) is 1.26. The number of hydrogen-bond donors (Lipinski definition) is 0. The predicted molar refractivity (Wildman–Crippen MR) is 44.6 cm³/mol. The molecule has 0 radical (unpaired) electrons. The van der Waals surface area contributed by atoms with Crippen LogP contribution in [-0.4, -0.2) is 37.2 Å². The molecule has 11 heavy (non-hydrogen) atoms. The van der Waals surface area contributed by atoms with E-state index in [-0.39, 0.29) is 0 Å². The Balaban J connectivity index is 1.71. The van der Waals surface area contributed by atoms with E-state index in [0.29, 0.717) is 6.10 Å². The quantitative estimate of drug-likeness (QED) is 0.558. The van der Waals surface area contributed by atoms with E-state index in [9.17, 15) is 0 Å². The summed E-state index contributed by atoms with van der Waals surface area (Å²) in [6.07, 6.45) is 6.25. The minimum absolute atomic E-state index is 0.591. The summed E-state index contributed by atoms with van der Waals surface area (Å²) in [5, 5.41) is 0. The average molecular weight is 155 g/mol. The molecular formula is C9H17NO. The molecule has 0 saturated carbocycles. The standard InChI is InChI=1S/C9H17NO/c1-2-4-6-10(5-3-1)7-9-8-11-9/h9H,1-8H2/t9-/m0/s1. The number of rotatable bonds is 2. The van der Waals surface area contributed by atoms with Crippen molar-refractivity contribution in [2.75, 3.05) is 26.2 Å². The normalized spacial score (nSPS) is 33.3. The van der Waals surface area contributed by atoms with E-state index in [2.05, 4.69) is 4.90 Å². The first kappa shape index (κ1) is 7.56. The Labute approximate surface area is 68.5 Å². The van der Waals surface area contributed by atoms with Crippen LogP contribution in [0.5, 0.6) is 0 Å². The molecule has 0 unspecified atom stereocenters. The van der Waals surface area contributed by atoms with Crippen molar-refractivity contribution in [3.8, 4) is 0 Å². The molecule has 0 N–H and O–H groups in total. The van der Waals surface area contributed by atoms with Crippen LogP contribution in [-0.2, 0) is 4.74 Å². The minimum Gasteiger partial charge on any atom is -0.372 e. The van der Waals surface area contributed by atoms with Gasteiger partial charge in [-0.05, 0) is 25.9 Å². The largest absolute Gasteiger partial charge is 0.372 e. The Morgan fingerprint density at radius 2 is 1.73 bits per heavy atom. The van der Waals surface area contributed by atoms with Gasteiger partial charge in [0, 0.05) is 6.54 Å². The molecule has 64 valence electrons. The number of likely N-dealkylation sites (tertiary alicyclic amines) is 1. The van der Waals surface area contributed by atoms with Crippen molar-refractivity contribution in [3.05, 3.63) is 0 Å². The Morgan fingerprint density at radius 1 is 1.09 bits per heavy atom. The van der Waals surface area contributed by atoms with Crippen molar-refractivity contribution < 1.29 is 4.74 Å². The third-order valence-corrected chi connectivity index (χ3v) is 2.56. The molecule has 2 aliphatic rings. The Kier molecular flexibility index (Phi) is 2.44. The van der Waals surface area contributed by atoms with Gasteiger partial charge in [-0.1, -0.05) is 12.8 Å². The van der Waals surface area contributed by atoms with Crippen LogP contribution in [0.15, 0.2) is 0 Å². The van der Waals surface area contributed by atoms with Crippen molar-refractivity contribution in [2.45, 2.75) is 31.8 Å². The van der Waals surface area contributed by atoms with Gasteiger partial charge in [0.25, 0.3) is 0 Å². The Hall–Kier alpha value is -0.0800. The molecule has 0 aromatic heterocycles. The third-order valence-electron chi connectivity index (χ3n) is 2.56. The highest BCUT2D eigenvalue weighted by Gasteiger charge is 2.25. The Bertz CT molecular complexity index is 115. The molecule has 2 saturated heterocycles. The lowest BCUT2D eigenvalue weighted by atomic mass is 10.2. The maximum Gasteiger partial charge on any atom is 0.0936 e. The highest BCUT2D eigenvalue weighted by atomic mass is 16.6. The monoisotopic (exact) mass is 155 g/mol. The molecular weight excluding hydrogens is 138 g/mol. The summed E-state index contributed by atoms with van der Waals surface area (Å²) in [6, 6.07) is 0. The zero-order chi connectivity index (χ0) is 7.52. The van der Waals surface area contributed by atoms with E-state index >= 15 is 0 Å². The number of nitrogens with zero attached hydrogens (tertiary/aromatic N) is 1. The summed E-state index contributed by atoms with van der Waals surface area (Å²) in [7, 11) is 0. The van der Waals surface area contributed by atoms with Gasteiger partial charge >= 0.3 is 0 Å². The van der Waals surface area contributed by atoms with Crippen molar-refractivity contribution in [1.82, 2.24) is 4.90 Å². The summed E-state index contributed by atoms with van der Waals surface area (Å²) in [5.41, 5.74) is 0. The van der Waals surface area contributed by atoms with Gasteiger partial charge in [-0.3, -0.25) is 0 Å². The second-order valence-corrected chi connectivity index (χ2v) is 3.67. The van der Waals surface area contributed by atoms with E-state index in [1.54, 1.807) is 0 Å². The van der Waals surface area contributed by atoms with E-state index in [1.807, 2.05) is 0 Å². The molecule has 2 heterocycles. The second-order valence-electron chi connectivity index (χ2n) is 3.67. The zero-order valence-corrected chi connectivity index (χ0v) is 7.09. The van der Waals surface area contributed by atoms with Crippen LogP contribution in [0.25, 0.3) is 0 Å². The highest BCUT2D eigenvalue weighted by molar-refractivity contribution is 4.75. The summed E-state index contributed by atoms with van der Waals surface area (Å²) in [6.45, 7) is 4.82. The lowest BCUT2D eigenvalue weighted by Crippen LogP contribution is -2.28. The van der Waals surface area contributed by atoms with Gasteiger partial charge in [-0.15, -0.1) is 0 Å². The summed E-state index contributed by atoms with van der Waals surface area (Å²) < 4.78 is 5.21. The fraction of sp³-hybridized carbons (Fsp3) is 1.00. The SMILES string of the molecule is C1CCCN(C[C@H]2CO2)CC1. The summed E-state index contributed by atoms with van der Waals surface area (Å²) in [4.78, 5) is 2.56. The van der Waals surface area contributed by atoms with E-state index in [1.165, 1.54) is 45.3 Å². The van der Waals surface area contributed by atoms with Crippen molar-refractivity contribution >= 4 is 0 Å². The number of ether oxygens (including phenoxy) is 1. The van der Waals surface area contributed by atoms with Crippen LogP contribution in [0.3, 0.4) is 0 Å². The highest BCUT2D eigenvalue weighted by Crippen LogP contribution is 2.15. The molecule has 0 spiro atoms. The van der Waals surface area contributed by atoms with Crippen LogP contribution < -0.4 is 0 Å². The molecule has 2 nitrogen and oxygen atoms in total. The number of hydrogen-bond acceptors (Lipinski definition) is 2. The molecule has 2 aliphatic heterocycles.